The van der Waals surface area contributed by atoms with Gasteiger partial charge >= 0.3 is 0 Å². The molecule has 0 amide bonds. The normalized spacial score (nSPS) is 12.7. The molecule has 2 nitrogen and oxygen atoms in total. The summed E-state index contributed by atoms with van der Waals surface area (Å²) in [7, 11) is 0. The van der Waals surface area contributed by atoms with Gasteiger partial charge in [-0.25, -0.2) is 4.39 Å². The van der Waals surface area contributed by atoms with E-state index in [1.807, 2.05) is 37.4 Å². The van der Waals surface area contributed by atoms with E-state index >= 15 is 0 Å². The molecule has 0 spiro atoms. The Balaban J connectivity index is 2.18. The van der Waals surface area contributed by atoms with Crippen molar-refractivity contribution in [2.45, 2.75) is 45.4 Å². The van der Waals surface area contributed by atoms with Gasteiger partial charge in [0.2, 0.25) is 0 Å². The zero-order chi connectivity index (χ0) is 15.7. The Labute approximate surface area is 129 Å². The summed E-state index contributed by atoms with van der Waals surface area (Å²) in [4.78, 5) is 0.927. The molecule has 0 aliphatic heterocycles. The third kappa shape index (κ3) is 3.70. The zero-order valence-corrected chi connectivity index (χ0v) is 13.7. The van der Waals surface area contributed by atoms with Crippen LogP contribution in [0.3, 0.4) is 0 Å². The van der Waals surface area contributed by atoms with E-state index in [-0.39, 0.29) is 5.82 Å². The van der Waals surface area contributed by atoms with E-state index < -0.39 is 11.1 Å². The predicted molar refractivity (Wildman–Crippen MR) is 86.9 cm³/mol. The molecule has 1 heterocycles. The van der Waals surface area contributed by atoms with Gasteiger partial charge in [0.1, 0.15) is 5.82 Å². The van der Waals surface area contributed by atoms with Crippen molar-refractivity contribution >= 4 is 11.3 Å². The van der Waals surface area contributed by atoms with E-state index in [1.165, 1.54) is 17.4 Å². The molecule has 0 saturated heterocycles. The van der Waals surface area contributed by atoms with Crippen LogP contribution in [0.15, 0.2) is 35.7 Å². The summed E-state index contributed by atoms with van der Waals surface area (Å²) in [5, 5.41) is 15.4. The summed E-state index contributed by atoms with van der Waals surface area (Å²) >= 11 is 1.53. The molecule has 0 saturated carbocycles. The topological polar surface area (TPSA) is 32.3 Å². The largest absolute Gasteiger partial charge is 0.389 e. The Morgan fingerprint density at radius 2 is 1.90 bits per heavy atom. The van der Waals surface area contributed by atoms with E-state index in [4.69, 9.17) is 0 Å². The van der Waals surface area contributed by atoms with Crippen LogP contribution >= 0.6 is 11.3 Å². The lowest BCUT2D eigenvalue weighted by Gasteiger charge is -2.38. The highest BCUT2D eigenvalue weighted by molar-refractivity contribution is 7.13. The number of rotatable bonds is 5. The molecule has 4 heteroatoms. The van der Waals surface area contributed by atoms with Crippen LogP contribution < -0.4 is 5.32 Å². The summed E-state index contributed by atoms with van der Waals surface area (Å²) in [6.45, 7) is 8.05. The Bertz CT molecular complexity index is 600. The average Bonchev–Trinajstić information content (AvgIpc) is 2.90. The van der Waals surface area contributed by atoms with Crippen molar-refractivity contribution in [1.82, 2.24) is 5.32 Å². The number of nitrogens with one attached hydrogen (secondary N) is 1. The molecule has 0 radical (unpaired) electrons. The van der Waals surface area contributed by atoms with Crippen molar-refractivity contribution in [2.75, 3.05) is 0 Å². The minimum Gasteiger partial charge on any atom is -0.389 e. The maximum atomic E-state index is 13.9. The van der Waals surface area contributed by atoms with Crippen molar-refractivity contribution in [3.63, 3.8) is 0 Å². The highest BCUT2D eigenvalue weighted by Crippen LogP contribution is 2.28. The fourth-order valence-corrected chi connectivity index (χ4v) is 2.59. The van der Waals surface area contributed by atoms with Gasteiger partial charge < -0.3 is 10.4 Å². The van der Waals surface area contributed by atoms with Gasteiger partial charge in [-0.1, -0.05) is 12.1 Å². The highest BCUT2D eigenvalue weighted by atomic mass is 32.1. The van der Waals surface area contributed by atoms with Gasteiger partial charge in [0.25, 0.3) is 0 Å². The van der Waals surface area contributed by atoms with Crippen LogP contribution in [0.25, 0.3) is 10.4 Å². The summed E-state index contributed by atoms with van der Waals surface area (Å²) in [6.07, 6.45) is 0. The molecule has 2 rings (SSSR count). The number of halogens is 1. The lowest BCUT2D eigenvalue weighted by molar-refractivity contribution is -0.00531. The van der Waals surface area contributed by atoms with E-state index in [0.717, 1.165) is 10.4 Å². The molecule has 1 aromatic carbocycles. The van der Waals surface area contributed by atoms with Crippen molar-refractivity contribution in [3.05, 3.63) is 47.1 Å². The Hall–Kier alpha value is -1.23. The lowest BCUT2D eigenvalue weighted by atomic mass is 9.86. The van der Waals surface area contributed by atoms with Crippen LogP contribution in [0.1, 0.15) is 33.3 Å². The summed E-state index contributed by atoms with van der Waals surface area (Å²) in [5.41, 5.74) is 0.344. The second-order valence-electron chi connectivity index (χ2n) is 6.33. The molecule has 21 heavy (non-hydrogen) atoms. The molecule has 0 bridgehead atoms. The van der Waals surface area contributed by atoms with Crippen molar-refractivity contribution in [1.29, 1.82) is 0 Å². The third-order valence-electron chi connectivity index (χ3n) is 4.08. The molecule has 0 fully saturated rings. The minimum absolute atomic E-state index is 0.206. The average molecular weight is 307 g/mol. The van der Waals surface area contributed by atoms with Crippen LogP contribution in [0.5, 0.6) is 0 Å². The van der Waals surface area contributed by atoms with Gasteiger partial charge in [0.15, 0.2) is 0 Å². The van der Waals surface area contributed by atoms with E-state index in [0.29, 0.717) is 12.1 Å². The van der Waals surface area contributed by atoms with Crippen LogP contribution in [-0.2, 0) is 6.54 Å². The SMILES string of the molecule is CC(C)(O)C(C)(C)NCc1ccc(F)c(-c2cccs2)c1. The van der Waals surface area contributed by atoms with E-state index in [9.17, 15) is 9.50 Å². The first kappa shape index (κ1) is 16.1. The molecule has 1 aromatic heterocycles. The van der Waals surface area contributed by atoms with E-state index in [2.05, 4.69) is 5.32 Å². The first-order valence-corrected chi connectivity index (χ1v) is 7.88. The van der Waals surface area contributed by atoms with Gasteiger partial charge in [0, 0.05) is 22.5 Å². The molecule has 2 N–H and O–H groups in total. The highest BCUT2D eigenvalue weighted by Gasteiger charge is 2.34. The molecular formula is C17H22FNOS. The number of benzene rings is 1. The van der Waals surface area contributed by atoms with Crippen LogP contribution in [0, 0.1) is 5.82 Å². The van der Waals surface area contributed by atoms with Crippen LogP contribution in [0.2, 0.25) is 0 Å². The smallest absolute Gasteiger partial charge is 0.131 e. The molecule has 0 unspecified atom stereocenters. The van der Waals surface area contributed by atoms with Gasteiger partial charge in [-0.2, -0.15) is 0 Å². The van der Waals surface area contributed by atoms with Gasteiger partial charge in [-0.3, -0.25) is 0 Å². The monoisotopic (exact) mass is 307 g/mol. The standard InChI is InChI=1S/C17H22FNOS/c1-16(2,17(3,4)20)19-11-12-7-8-14(18)13(10-12)15-6-5-9-21-15/h5-10,19-20H,11H2,1-4H3. The number of thiophene rings is 1. The number of hydrogen-bond acceptors (Lipinski definition) is 3. The number of aliphatic hydroxyl groups is 1. The van der Waals surface area contributed by atoms with Gasteiger partial charge in [0.05, 0.1) is 5.60 Å². The minimum atomic E-state index is -0.844. The molecule has 0 atom stereocenters. The molecule has 114 valence electrons. The predicted octanol–water partition coefficient (Wildman–Crippen LogP) is 4.19. The fourth-order valence-electron chi connectivity index (χ4n) is 1.84. The second kappa shape index (κ2) is 5.87. The van der Waals surface area contributed by atoms with Gasteiger partial charge in [-0.15, -0.1) is 11.3 Å². The van der Waals surface area contributed by atoms with Crippen molar-refractivity contribution in [2.24, 2.45) is 0 Å². The summed E-state index contributed by atoms with van der Waals surface area (Å²) in [6, 6.07) is 8.99. The van der Waals surface area contributed by atoms with Crippen molar-refractivity contribution in [3.8, 4) is 10.4 Å². The molecular weight excluding hydrogens is 285 g/mol. The second-order valence-corrected chi connectivity index (χ2v) is 7.28. The zero-order valence-electron chi connectivity index (χ0n) is 12.9. The Morgan fingerprint density at radius 1 is 1.19 bits per heavy atom. The van der Waals surface area contributed by atoms with Crippen molar-refractivity contribution < 1.29 is 9.50 Å². The molecule has 2 aromatic rings. The summed E-state index contributed by atoms with van der Waals surface area (Å²) in [5.74, 6) is -0.206. The Morgan fingerprint density at radius 3 is 2.48 bits per heavy atom. The first-order chi connectivity index (χ1) is 9.71. The van der Waals surface area contributed by atoms with Gasteiger partial charge in [-0.05, 0) is 56.8 Å². The third-order valence-corrected chi connectivity index (χ3v) is 4.98. The molecule has 0 aliphatic rings. The Kier molecular flexibility index (Phi) is 4.51. The maximum Gasteiger partial charge on any atom is 0.131 e. The fraction of sp³-hybridized carbons (Fsp3) is 0.412. The quantitative estimate of drug-likeness (QED) is 0.868. The number of hydrogen-bond donors (Lipinski definition) is 2. The van der Waals surface area contributed by atoms with E-state index in [1.54, 1.807) is 19.9 Å². The van der Waals surface area contributed by atoms with Crippen LogP contribution in [-0.4, -0.2) is 16.2 Å². The van der Waals surface area contributed by atoms with Crippen LogP contribution in [0.4, 0.5) is 4.39 Å². The maximum absolute atomic E-state index is 13.9. The first-order valence-electron chi connectivity index (χ1n) is 7.00. The summed E-state index contributed by atoms with van der Waals surface area (Å²) < 4.78 is 13.9. The molecule has 0 aliphatic carbocycles. The lowest BCUT2D eigenvalue weighted by Crippen LogP contribution is -2.55.